The lowest BCUT2D eigenvalue weighted by molar-refractivity contribution is 0.0697. The van der Waals surface area contributed by atoms with Crippen LogP contribution in [0, 0.1) is 0 Å². The van der Waals surface area contributed by atoms with Crippen LogP contribution in [0.3, 0.4) is 0 Å². The van der Waals surface area contributed by atoms with Crippen LogP contribution in [-0.2, 0) is 0 Å². The van der Waals surface area contributed by atoms with Gasteiger partial charge in [-0.1, -0.05) is 38.3 Å². The Morgan fingerprint density at radius 3 is 2.00 bits per heavy atom. The van der Waals surface area contributed by atoms with Crippen molar-refractivity contribution in [3.05, 3.63) is 66.2 Å². The van der Waals surface area contributed by atoms with Gasteiger partial charge in [0.15, 0.2) is 0 Å². The van der Waals surface area contributed by atoms with E-state index in [-0.39, 0.29) is 0 Å². The Morgan fingerprint density at radius 1 is 0.852 bits per heavy atom. The first kappa shape index (κ1) is 19.2. The molecule has 0 fully saturated rings. The SMILES string of the molecule is CCCCCCOc1ccc(-c2ccc(-c3ccc(C(=O)O)cc3)s2)cc1. The molecule has 2 aromatic carbocycles. The van der Waals surface area contributed by atoms with E-state index in [4.69, 9.17) is 9.84 Å². The molecule has 0 saturated heterocycles. The number of thiophene rings is 1. The van der Waals surface area contributed by atoms with Gasteiger partial charge >= 0.3 is 5.97 Å². The molecule has 1 N–H and O–H groups in total. The largest absolute Gasteiger partial charge is 0.494 e. The predicted molar refractivity (Wildman–Crippen MR) is 112 cm³/mol. The first-order valence-electron chi connectivity index (χ1n) is 9.34. The van der Waals surface area contributed by atoms with Gasteiger partial charge in [-0.05, 0) is 66.1 Å². The van der Waals surface area contributed by atoms with Gasteiger partial charge in [-0.15, -0.1) is 11.3 Å². The van der Waals surface area contributed by atoms with Crippen LogP contribution in [-0.4, -0.2) is 17.7 Å². The monoisotopic (exact) mass is 380 g/mol. The molecule has 1 heterocycles. The van der Waals surface area contributed by atoms with Gasteiger partial charge in [0.05, 0.1) is 12.2 Å². The fraction of sp³-hybridized carbons (Fsp3) is 0.261. The van der Waals surface area contributed by atoms with Crippen molar-refractivity contribution < 1.29 is 14.6 Å². The molecule has 0 aliphatic carbocycles. The van der Waals surface area contributed by atoms with Crippen molar-refractivity contribution in [2.24, 2.45) is 0 Å². The summed E-state index contributed by atoms with van der Waals surface area (Å²) < 4.78 is 5.80. The lowest BCUT2D eigenvalue weighted by Gasteiger charge is -2.06. The lowest BCUT2D eigenvalue weighted by atomic mass is 10.1. The van der Waals surface area contributed by atoms with Gasteiger partial charge in [-0.3, -0.25) is 0 Å². The van der Waals surface area contributed by atoms with E-state index in [1.165, 1.54) is 24.1 Å². The average molecular weight is 381 g/mol. The summed E-state index contributed by atoms with van der Waals surface area (Å²) in [5.41, 5.74) is 2.50. The number of hydrogen-bond donors (Lipinski definition) is 1. The van der Waals surface area contributed by atoms with Gasteiger partial charge in [0.25, 0.3) is 0 Å². The van der Waals surface area contributed by atoms with E-state index in [1.807, 2.05) is 24.3 Å². The predicted octanol–water partition coefficient (Wildman–Crippen LogP) is 6.74. The first-order chi connectivity index (χ1) is 13.2. The molecular formula is C23H24O3S. The smallest absolute Gasteiger partial charge is 0.335 e. The zero-order chi connectivity index (χ0) is 19.1. The Hall–Kier alpha value is -2.59. The van der Waals surface area contributed by atoms with E-state index >= 15 is 0 Å². The van der Waals surface area contributed by atoms with Crippen LogP contribution in [0.25, 0.3) is 20.9 Å². The summed E-state index contributed by atoms with van der Waals surface area (Å²) in [6.45, 7) is 2.98. The minimum atomic E-state index is -0.902. The van der Waals surface area contributed by atoms with E-state index in [0.717, 1.165) is 34.8 Å². The summed E-state index contributed by atoms with van der Waals surface area (Å²) in [4.78, 5) is 13.3. The zero-order valence-electron chi connectivity index (χ0n) is 15.5. The van der Waals surface area contributed by atoms with E-state index in [1.54, 1.807) is 23.5 Å². The van der Waals surface area contributed by atoms with Crippen molar-refractivity contribution in [1.82, 2.24) is 0 Å². The van der Waals surface area contributed by atoms with E-state index in [2.05, 4.69) is 31.2 Å². The second-order valence-electron chi connectivity index (χ2n) is 6.48. The molecule has 27 heavy (non-hydrogen) atoms. The molecule has 3 nitrogen and oxygen atoms in total. The quantitative estimate of drug-likeness (QED) is 0.418. The summed E-state index contributed by atoms with van der Waals surface area (Å²) in [6.07, 6.45) is 4.83. The minimum Gasteiger partial charge on any atom is -0.494 e. The maximum atomic E-state index is 11.0. The number of rotatable bonds is 9. The average Bonchev–Trinajstić information content (AvgIpc) is 3.18. The number of benzene rings is 2. The van der Waals surface area contributed by atoms with Gasteiger partial charge in [-0.2, -0.15) is 0 Å². The van der Waals surface area contributed by atoms with Crippen LogP contribution < -0.4 is 4.74 Å². The molecule has 0 aliphatic rings. The Bertz CT molecular complexity index is 863. The van der Waals surface area contributed by atoms with Gasteiger partial charge in [0.1, 0.15) is 5.75 Å². The Labute approximate surface area is 164 Å². The highest BCUT2D eigenvalue weighted by molar-refractivity contribution is 7.18. The molecule has 0 radical (unpaired) electrons. The molecule has 3 rings (SSSR count). The van der Waals surface area contributed by atoms with Gasteiger partial charge in [0, 0.05) is 9.75 Å². The standard InChI is InChI=1S/C23H24O3S/c1-2-3-4-5-16-26-20-12-10-18(11-13-20)22-15-14-21(27-22)17-6-8-19(9-7-17)23(24)25/h6-15H,2-5,16H2,1H3,(H,24,25). The molecule has 1 aromatic heterocycles. The van der Waals surface area contributed by atoms with Crippen molar-refractivity contribution in [2.75, 3.05) is 6.61 Å². The third-order valence-electron chi connectivity index (χ3n) is 4.43. The Balaban J connectivity index is 1.63. The number of ether oxygens (including phenoxy) is 1. The van der Waals surface area contributed by atoms with E-state index in [9.17, 15) is 4.79 Å². The summed E-state index contributed by atoms with van der Waals surface area (Å²) in [5.74, 6) is 0.0115. The maximum absolute atomic E-state index is 11.0. The van der Waals surface area contributed by atoms with Gasteiger partial charge < -0.3 is 9.84 Å². The summed E-state index contributed by atoms with van der Waals surface area (Å²) in [6, 6.07) is 19.4. The molecule has 0 saturated carbocycles. The number of carbonyl (C=O) groups is 1. The van der Waals surface area contributed by atoms with Gasteiger partial charge in [-0.25, -0.2) is 4.79 Å². The van der Waals surface area contributed by atoms with Crippen molar-refractivity contribution >= 4 is 17.3 Å². The number of hydrogen-bond acceptors (Lipinski definition) is 3. The highest BCUT2D eigenvalue weighted by Gasteiger charge is 2.07. The van der Waals surface area contributed by atoms with E-state index in [0.29, 0.717) is 5.56 Å². The molecule has 140 valence electrons. The normalized spacial score (nSPS) is 10.7. The Morgan fingerprint density at radius 2 is 1.44 bits per heavy atom. The van der Waals surface area contributed by atoms with Crippen LogP contribution in [0.15, 0.2) is 60.7 Å². The Kier molecular flexibility index (Phi) is 6.66. The van der Waals surface area contributed by atoms with E-state index < -0.39 is 5.97 Å². The summed E-state index contributed by atoms with van der Waals surface area (Å²) >= 11 is 1.70. The fourth-order valence-corrected chi connectivity index (χ4v) is 3.88. The highest BCUT2D eigenvalue weighted by atomic mass is 32.1. The van der Waals surface area contributed by atoms with Crippen LogP contribution in [0.2, 0.25) is 0 Å². The molecule has 0 amide bonds. The zero-order valence-corrected chi connectivity index (χ0v) is 16.3. The third-order valence-corrected chi connectivity index (χ3v) is 5.61. The minimum absolute atomic E-state index is 0.306. The second kappa shape index (κ2) is 9.38. The van der Waals surface area contributed by atoms with Crippen LogP contribution in [0.4, 0.5) is 0 Å². The molecule has 0 bridgehead atoms. The van der Waals surface area contributed by atoms with Crippen molar-refractivity contribution in [2.45, 2.75) is 32.6 Å². The molecule has 0 unspecified atom stereocenters. The van der Waals surface area contributed by atoms with Crippen molar-refractivity contribution in [3.8, 4) is 26.6 Å². The summed E-state index contributed by atoms with van der Waals surface area (Å²) in [7, 11) is 0. The van der Waals surface area contributed by atoms with Crippen LogP contribution in [0.5, 0.6) is 5.75 Å². The maximum Gasteiger partial charge on any atom is 0.335 e. The molecule has 0 spiro atoms. The topological polar surface area (TPSA) is 46.5 Å². The molecule has 3 aromatic rings. The van der Waals surface area contributed by atoms with Crippen LogP contribution >= 0.6 is 11.3 Å². The van der Waals surface area contributed by atoms with Crippen LogP contribution in [0.1, 0.15) is 43.0 Å². The highest BCUT2D eigenvalue weighted by Crippen LogP contribution is 2.35. The molecule has 0 atom stereocenters. The van der Waals surface area contributed by atoms with Gasteiger partial charge in [0.2, 0.25) is 0 Å². The third kappa shape index (κ3) is 5.20. The second-order valence-corrected chi connectivity index (χ2v) is 7.56. The molecule has 0 aliphatic heterocycles. The molecular weight excluding hydrogens is 356 g/mol. The van der Waals surface area contributed by atoms with Crippen molar-refractivity contribution in [1.29, 1.82) is 0 Å². The number of carboxylic acids is 1. The number of carboxylic acid groups (broad SMARTS) is 1. The number of unbranched alkanes of at least 4 members (excludes halogenated alkanes) is 3. The molecule has 4 heteroatoms. The lowest BCUT2D eigenvalue weighted by Crippen LogP contribution is -1.96. The summed E-state index contributed by atoms with van der Waals surface area (Å²) in [5, 5.41) is 9.01. The van der Waals surface area contributed by atoms with Crippen molar-refractivity contribution in [3.63, 3.8) is 0 Å². The fourth-order valence-electron chi connectivity index (χ4n) is 2.86. The number of aromatic carboxylic acids is 1. The first-order valence-corrected chi connectivity index (χ1v) is 10.2.